The van der Waals surface area contributed by atoms with Gasteiger partial charge in [0.1, 0.15) is 5.92 Å². The summed E-state index contributed by atoms with van der Waals surface area (Å²) >= 11 is 12.3. The molecule has 26 heavy (non-hydrogen) atoms. The summed E-state index contributed by atoms with van der Waals surface area (Å²) in [7, 11) is 0. The Morgan fingerprint density at radius 2 is 1.96 bits per heavy atom. The summed E-state index contributed by atoms with van der Waals surface area (Å²) < 4.78 is 5.47. The third-order valence-electron chi connectivity index (χ3n) is 4.74. The maximum atomic E-state index is 12.8. The number of rotatable bonds is 3. The zero-order chi connectivity index (χ0) is 19.0. The van der Waals surface area contributed by atoms with E-state index in [-0.39, 0.29) is 17.9 Å². The van der Waals surface area contributed by atoms with Crippen molar-refractivity contribution >= 4 is 40.7 Å². The summed E-state index contributed by atoms with van der Waals surface area (Å²) in [5.41, 5.74) is 2.84. The van der Waals surface area contributed by atoms with Crippen molar-refractivity contribution in [3.63, 3.8) is 0 Å². The number of benzene rings is 1. The molecule has 0 radical (unpaired) electrons. The molecule has 138 valence electrons. The Hall–Kier alpha value is -1.65. The van der Waals surface area contributed by atoms with Crippen LogP contribution >= 0.6 is 23.2 Å². The van der Waals surface area contributed by atoms with E-state index in [2.05, 4.69) is 4.99 Å². The predicted molar refractivity (Wildman–Crippen MR) is 103 cm³/mol. The highest BCUT2D eigenvalue weighted by molar-refractivity contribution is 6.42. The van der Waals surface area contributed by atoms with E-state index < -0.39 is 11.8 Å². The van der Waals surface area contributed by atoms with Crippen LogP contribution in [0.15, 0.2) is 34.5 Å². The van der Waals surface area contributed by atoms with Crippen LogP contribution in [-0.4, -0.2) is 23.6 Å². The minimum atomic E-state index is -0.643. The molecular weight excluding hydrogens is 373 g/mol. The standard InChI is InChI=1S/C20H21Cl2NO3/c1-10(2)26-20(25)17-11(3)23-15-5-4-6-16(24)19(15)18(17)12-7-8-13(21)14(22)9-12/h7-10,17-18H,4-6H2,1-3H3/t17?,18-/m0/s1. The van der Waals surface area contributed by atoms with Gasteiger partial charge < -0.3 is 4.74 Å². The average molecular weight is 394 g/mol. The lowest BCUT2D eigenvalue weighted by molar-refractivity contribution is -0.150. The third kappa shape index (κ3) is 3.58. The van der Waals surface area contributed by atoms with Crippen molar-refractivity contribution in [1.82, 2.24) is 0 Å². The molecule has 0 aromatic heterocycles. The molecule has 1 unspecified atom stereocenters. The number of ketones is 1. The highest BCUT2D eigenvalue weighted by Gasteiger charge is 2.43. The SMILES string of the molecule is CC1=NC2=C(C(=O)CCC2)[C@@H](c2ccc(Cl)c(Cl)c2)C1C(=O)OC(C)C. The monoisotopic (exact) mass is 393 g/mol. The Balaban J connectivity index is 2.15. The van der Waals surface area contributed by atoms with Crippen molar-refractivity contribution in [2.24, 2.45) is 10.9 Å². The van der Waals surface area contributed by atoms with E-state index in [1.165, 1.54) is 0 Å². The van der Waals surface area contributed by atoms with Crippen LogP contribution in [0.1, 0.15) is 51.5 Å². The molecule has 0 saturated carbocycles. The van der Waals surface area contributed by atoms with E-state index in [9.17, 15) is 9.59 Å². The van der Waals surface area contributed by atoms with Crippen molar-refractivity contribution in [2.75, 3.05) is 0 Å². The fourth-order valence-electron chi connectivity index (χ4n) is 3.68. The average Bonchev–Trinajstić information content (AvgIpc) is 2.55. The quantitative estimate of drug-likeness (QED) is 0.668. The molecule has 2 aliphatic rings. The van der Waals surface area contributed by atoms with E-state index in [0.717, 1.165) is 24.1 Å². The molecule has 0 saturated heterocycles. The van der Waals surface area contributed by atoms with Crippen LogP contribution in [0.25, 0.3) is 0 Å². The molecule has 1 aromatic carbocycles. The number of carbonyl (C=O) groups excluding carboxylic acids is 2. The van der Waals surface area contributed by atoms with Crippen LogP contribution < -0.4 is 0 Å². The summed E-state index contributed by atoms with van der Waals surface area (Å²) in [6.45, 7) is 5.43. The maximum Gasteiger partial charge on any atom is 0.315 e. The van der Waals surface area contributed by atoms with E-state index in [4.69, 9.17) is 27.9 Å². The Labute approximate surface area is 163 Å². The maximum absolute atomic E-state index is 12.8. The first-order valence-electron chi connectivity index (χ1n) is 8.76. The van der Waals surface area contributed by atoms with Gasteiger partial charge in [0.2, 0.25) is 0 Å². The Bertz CT molecular complexity index is 826. The lowest BCUT2D eigenvalue weighted by Crippen LogP contribution is -2.38. The van der Waals surface area contributed by atoms with Crippen LogP contribution in [0.2, 0.25) is 10.0 Å². The molecule has 0 bridgehead atoms. The molecular formula is C20H21Cl2NO3. The van der Waals surface area contributed by atoms with Crippen LogP contribution in [0.5, 0.6) is 0 Å². The number of halogens is 2. The van der Waals surface area contributed by atoms with Crippen molar-refractivity contribution < 1.29 is 14.3 Å². The fourth-order valence-corrected chi connectivity index (χ4v) is 3.99. The number of aliphatic imine (C=N–C) groups is 1. The van der Waals surface area contributed by atoms with Gasteiger partial charge in [-0.15, -0.1) is 0 Å². The van der Waals surface area contributed by atoms with E-state index in [0.29, 0.717) is 27.8 Å². The largest absolute Gasteiger partial charge is 0.462 e. The molecule has 1 aliphatic heterocycles. The van der Waals surface area contributed by atoms with E-state index in [1.54, 1.807) is 26.0 Å². The topological polar surface area (TPSA) is 55.7 Å². The van der Waals surface area contributed by atoms with Gasteiger partial charge in [-0.05, 0) is 51.3 Å². The summed E-state index contributed by atoms with van der Waals surface area (Å²) in [5.74, 6) is -1.42. The summed E-state index contributed by atoms with van der Waals surface area (Å²) in [6.07, 6.45) is 1.74. The number of Topliss-reactive ketones (excluding diaryl/α,β-unsaturated/α-hetero) is 1. The second-order valence-corrected chi connectivity index (χ2v) is 7.82. The summed E-state index contributed by atoms with van der Waals surface area (Å²) in [4.78, 5) is 30.2. The van der Waals surface area contributed by atoms with Gasteiger partial charge in [0.05, 0.1) is 16.1 Å². The van der Waals surface area contributed by atoms with Gasteiger partial charge in [-0.3, -0.25) is 14.6 Å². The second-order valence-electron chi connectivity index (χ2n) is 7.00. The minimum Gasteiger partial charge on any atom is -0.462 e. The first-order valence-corrected chi connectivity index (χ1v) is 9.52. The van der Waals surface area contributed by atoms with Crippen LogP contribution in [0.3, 0.4) is 0 Å². The normalized spacial score (nSPS) is 23.0. The molecule has 1 heterocycles. The Morgan fingerprint density at radius 3 is 2.62 bits per heavy atom. The summed E-state index contributed by atoms with van der Waals surface area (Å²) in [5, 5.41) is 0.827. The Morgan fingerprint density at radius 1 is 1.23 bits per heavy atom. The number of nitrogens with zero attached hydrogens (tertiary/aromatic N) is 1. The zero-order valence-electron chi connectivity index (χ0n) is 15.0. The third-order valence-corrected chi connectivity index (χ3v) is 5.48. The smallest absolute Gasteiger partial charge is 0.315 e. The van der Waals surface area contributed by atoms with Gasteiger partial charge >= 0.3 is 5.97 Å². The van der Waals surface area contributed by atoms with Crippen molar-refractivity contribution in [3.8, 4) is 0 Å². The molecule has 2 atom stereocenters. The van der Waals surface area contributed by atoms with Gasteiger partial charge in [0.25, 0.3) is 0 Å². The second kappa shape index (κ2) is 7.53. The minimum absolute atomic E-state index is 0.0425. The van der Waals surface area contributed by atoms with Crippen LogP contribution in [0.4, 0.5) is 0 Å². The van der Waals surface area contributed by atoms with Crippen LogP contribution in [-0.2, 0) is 14.3 Å². The fraction of sp³-hybridized carbons (Fsp3) is 0.450. The summed E-state index contributed by atoms with van der Waals surface area (Å²) in [6, 6.07) is 5.24. The number of carbonyl (C=O) groups is 2. The number of hydrogen-bond donors (Lipinski definition) is 0. The van der Waals surface area contributed by atoms with Crippen LogP contribution in [0, 0.1) is 5.92 Å². The van der Waals surface area contributed by atoms with Crippen molar-refractivity contribution in [2.45, 2.75) is 52.1 Å². The first-order chi connectivity index (χ1) is 12.3. The Kier molecular flexibility index (Phi) is 5.54. The van der Waals surface area contributed by atoms with Gasteiger partial charge in [0, 0.05) is 29.3 Å². The van der Waals surface area contributed by atoms with Gasteiger partial charge in [-0.2, -0.15) is 0 Å². The number of esters is 1. The molecule has 1 aliphatic carbocycles. The zero-order valence-corrected chi connectivity index (χ0v) is 16.5. The van der Waals surface area contributed by atoms with Gasteiger partial charge in [-0.1, -0.05) is 29.3 Å². The van der Waals surface area contributed by atoms with Crippen molar-refractivity contribution in [3.05, 3.63) is 45.1 Å². The van der Waals surface area contributed by atoms with E-state index >= 15 is 0 Å². The number of hydrogen-bond acceptors (Lipinski definition) is 4. The molecule has 1 aromatic rings. The number of ether oxygens (including phenoxy) is 1. The predicted octanol–water partition coefficient (Wildman–Crippen LogP) is 5.13. The molecule has 0 spiro atoms. The molecule has 6 heteroatoms. The lowest BCUT2D eigenvalue weighted by Gasteiger charge is -2.34. The van der Waals surface area contributed by atoms with Gasteiger partial charge in [-0.25, -0.2) is 0 Å². The molecule has 3 rings (SSSR count). The highest BCUT2D eigenvalue weighted by atomic mass is 35.5. The van der Waals surface area contributed by atoms with Gasteiger partial charge in [0.15, 0.2) is 5.78 Å². The molecule has 4 nitrogen and oxygen atoms in total. The van der Waals surface area contributed by atoms with Crippen molar-refractivity contribution in [1.29, 1.82) is 0 Å². The molecule has 0 N–H and O–H groups in total. The highest BCUT2D eigenvalue weighted by Crippen LogP contribution is 2.44. The molecule has 0 fully saturated rings. The van der Waals surface area contributed by atoms with E-state index in [1.807, 2.05) is 13.0 Å². The number of allylic oxidation sites excluding steroid dienone is 2. The molecule has 0 amide bonds. The lowest BCUT2D eigenvalue weighted by atomic mass is 9.72. The first kappa shape index (κ1) is 19.1.